The maximum atomic E-state index is 10.4. The van der Waals surface area contributed by atoms with Crippen LogP contribution in [-0.4, -0.2) is 17.4 Å². The second-order valence-corrected chi connectivity index (χ2v) is 2.81. The lowest BCUT2D eigenvalue weighted by molar-refractivity contribution is -0.384. The van der Waals surface area contributed by atoms with E-state index in [0.29, 0.717) is 12.0 Å². The number of anilines is 1. The minimum Gasteiger partial charge on any atom is -0.304 e. The number of hydrogen-bond donors (Lipinski definition) is 2. The number of aldehydes is 1. The number of benzene rings is 1. The fraction of sp³-hybridized carbons (Fsp3) is 0.125. The van der Waals surface area contributed by atoms with Gasteiger partial charge in [0.05, 0.1) is 10.6 Å². The van der Waals surface area contributed by atoms with Gasteiger partial charge < -0.3 is 5.73 Å². The van der Waals surface area contributed by atoms with E-state index in [0.717, 1.165) is 5.01 Å². The van der Waals surface area contributed by atoms with Crippen LogP contribution in [-0.2, 0) is 4.79 Å². The van der Waals surface area contributed by atoms with Crippen molar-refractivity contribution in [1.82, 2.24) is 0 Å². The third-order valence-electron chi connectivity index (χ3n) is 1.82. The first kappa shape index (κ1) is 14.3. The summed E-state index contributed by atoms with van der Waals surface area (Å²) < 4.78 is 0. The molecule has 0 bridgehead atoms. The molecule has 0 aliphatic heterocycles. The van der Waals surface area contributed by atoms with Crippen molar-refractivity contribution >= 4 is 30.1 Å². The minimum atomic E-state index is -0.966. The number of carbonyl (C=O) groups excluding carboxylic acids is 1. The number of nitro groups is 1. The summed E-state index contributed by atoms with van der Waals surface area (Å²) in [6.07, 6.45) is -0.493. The molecule has 1 aromatic carbocycles. The van der Waals surface area contributed by atoms with Crippen LogP contribution in [0.3, 0.4) is 0 Å². The van der Waals surface area contributed by atoms with Crippen LogP contribution in [0.15, 0.2) is 24.3 Å². The van der Waals surface area contributed by atoms with E-state index in [1.54, 1.807) is 0 Å². The van der Waals surface area contributed by atoms with Gasteiger partial charge in [0.1, 0.15) is 6.17 Å². The molecule has 0 fully saturated rings. The van der Waals surface area contributed by atoms with Gasteiger partial charge in [-0.15, -0.1) is 12.4 Å². The second kappa shape index (κ2) is 6.01. The first-order valence-electron chi connectivity index (χ1n) is 4.05. The van der Waals surface area contributed by atoms with E-state index in [4.69, 9.17) is 11.6 Å². The van der Waals surface area contributed by atoms with Crippen molar-refractivity contribution in [1.29, 1.82) is 0 Å². The zero-order valence-electron chi connectivity index (χ0n) is 8.15. The lowest BCUT2D eigenvalue weighted by Gasteiger charge is -2.21. The normalized spacial score (nSPS) is 11.1. The number of halogens is 1. The van der Waals surface area contributed by atoms with Crippen LogP contribution < -0.4 is 16.6 Å². The SMILES string of the molecule is Cl.NC(C=O)N(N)c1ccc([N+](=O)[O-])cc1. The monoisotopic (exact) mass is 246 g/mol. The molecule has 1 aromatic rings. The molecule has 0 saturated carbocycles. The maximum Gasteiger partial charge on any atom is 0.269 e. The van der Waals surface area contributed by atoms with Gasteiger partial charge in [-0.2, -0.15) is 0 Å². The smallest absolute Gasteiger partial charge is 0.269 e. The fourth-order valence-corrected chi connectivity index (χ4v) is 0.984. The Kier molecular flexibility index (Phi) is 5.37. The first-order valence-corrected chi connectivity index (χ1v) is 4.05. The van der Waals surface area contributed by atoms with E-state index in [1.165, 1.54) is 24.3 Å². The molecule has 16 heavy (non-hydrogen) atoms. The average Bonchev–Trinajstić information content (AvgIpc) is 2.27. The number of rotatable bonds is 4. The average molecular weight is 247 g/mol. The summed E-state index contributed by atoms with van der Waals surface area (Å²) >= 11 is 0. The molecule has 0 aliphatic rings. The van der Waals surface area contributed by atoms with Crippen molar-refractivity contribution in [3.63, 3.8) is 0 Å². The number of carbonyl (C=O) groups is 1. The second-order valence-electron chi connectivity index (χ2n) is 2.81. The topological polar surface area (TPSA) is 115 Å². The van der Waals surface area contributed by atoms with E-state index in [-0.39, 0.29) is 18.1 Å². The van der Waals surface area contributed by atoms with Gasteiger partial charge in [0.15, 0.2) is 6.29 Å². The lowest BCUT2D eigenvalue weighted by Crippen LogP contribution is -2.48. The lowest BCUT2D eigenvalue weighted by atomic mass is 10.2. The Morgan fingerprint density at radius 3 is 2.25 bits per heavy atom. The van der Waals surface area contributed by atoms with Crippen molar-refractivity contribution in [2.45, 2.75) is 6.17 Å². The van der Waals surface area contributed by atoms with E-state index < -0.39 is 11.1 Å². The number of hydrazine groups is 1. The molecule has 0 spiro atoms. The number of non-ortho nitro benzene ring substituents is 1. The summed E-state index contributed by atoms with van der Waals surface area (Å²) in [7, 11) is 0. The van der Waals surface area contributed by atoms with E-state index in [9.17, 15) is 14.9 Å². The van der Waals surface area contributed by atoms with Crippen molar-refractivity contribution in [3.8, 4) is 0 Å². The highest BCUT2D eigenvalue weighted by molar-refractivity contribution is 5.85. The molecule has 88 valence electrons. The molecule has 8 heteroatoms. The van der Waals surface area contributed by atoms with Crippen LogP contribution in [0, 0.1) is 10.1 Å². The minimum absolute atomic E-state index is 0. The third-order valence-corrected chi connectivity index (χ3v) is 1.82. The molecule has 7 nitrogen and oxygen atoms in total. The van der Waals surface area contributed by atoms with Gasteiger partial charge in [-0.25, -0.2) is 5.84 Å². The van der Waals surface area contributed by atoms with Crippen molar-refractivity contribution < 1.29 is 9.72 Å². The largest absolute Gasteiger partial charge is 0.304 e. The van der Waals surface area contributed by atoms with Gasteiger partial charge in [-0.1, -0.05) is 0 Å². The summed E-state index contributed by atoms with van der Waals surface area (Å²) in [6, 6.07) is 5.41. The van der Waals surface area contributed by atoms with Crippen molar-refractivity contribution in [2.75, 3.05) is 5.01 Å². The molecule has 4 N–H and O–H groups in total. The Hall–Kier alpha value is -1.70. The Balaban J connectivity index is 0.00000225. The predicted molar refractivity (Wildman–Crippen MR) is 61.1 cm³/mol. The number of nitrogens with zero attached hydrogens (tertiary/aromatic N) is 2. The highest BCUT2D eigenvalue weighted by Gasteiger charge is 2.11. The van der Waals surface area contributed by atoms with Crippen LogP contribution in [0.1, 0.15) is 0 Å². The zero-order chi connectivity index (χ0) is 11.4. The highest BCUT2D eigenvalue weighted by Crippen LogP contribution is 2.17. The molecule has 1 atom stereocenters. The van der Waals surface area contributed by atoms with Gasteiger partial charge in [-0.3, -0.25) is 19.9 Å². The zero-order valence-corrected chi connectivity index (χ0v) is 8.96. The van der Waals surface area contributed by atoms with Crippen LogP contribution in [0.5, 0.6) is 0 Å². The maximum absolute atomic E-state index is 10.4. The summed E-state index contributed by atoms with van der Waals surface area (Å²) in [4.78, 5) is 20.2. The van der Waals surface area contributed by atoms with E-state index in [2.05, 4.69) is 0 Å². The van der Waals surface area contributed by atoms with Gasteiger partial charge in [-0.05, 0) is 12.1 Å². The van der Waals surface area contributed by atoms with Crippen LogP contribution in [0.4, 0.5) is 11.4 Å². The third kappa shape index (κ3) is 3.16. The van der Waals surface area contributed by atoms with Gasteiger partial charge >= 0.3 is 0 Å². The fourth-order valence-electron chi connectivity index (χ4n) is 0.984. The number of nitro benzene ring substituents is 1. The highest BCUT2D eigenvalue weighted by atomic mass is 35.5. The molecular formula is C8H11ClN4O3. The predicted octanol–water partition coefficient (Wildman–Crippen LogP) is 0.180. The number of hydrogen-bond acceptors (Lipinski definition) is 6. The van der Waals surface area contributed by atoms with E-state index in [1.807, 2.05) is 0 Å². The van der Waals surface area contributed by atoms with Gasteiger partial charge in [0.2, 0.25) is 0 Å². The van der Waals surface area contributed by atoms with Gasteiger partial charge in [0.25, 0.3) is 5.69 Å². The van der Waals surface area contributed by atoms with Crippen molar-refractivity contribution in [3.05, 3.63) is 34.4 Å². The first-order chi connectivity index (χ1) is 7.06. The molecule has 1 rings (SSSR count). The van der Waals surface area contributed by atoms with Crippen LogP contribution in [0.2, 0.25) is 0 Å². The van der Waals surface area contributed by atoms with Crippen LogP contribution >= 0.6 is 12.4 Å². The molecule has 0 saturated heterocycles. The van der Waals surface area contributed by atoms with Gasteiger partial charge in [0, 0.05) is 12.1 Å². The van der Waals surface area contributed by atoms with Crippen molar-refractivity contribution in [2.24, 2.45) is 11.6 Å². The Bertz CT molecular complexity index is 370. The molecule has 0 amide bonds. The van der Waals surface area contributed by atoms with E-state index >= 15 is 0 Å². The standard InChI is InChI=1S/C8H10N4O3.ClH/c9-8(5-13)11(10)6-1-3-7(4-2-6)12(14)15;/h1-5,8H,9-10H2;1H. The summed E-state index contributed by atoms with van der Waals surface area (Å²) in [5.41, 5.74) is 5.73. The quantitative estimate of drug-likeness (QED) is 0.257. The molecule has 1 unspecified atom stereocenters. The summed E-state index contributed by atoms with van der Waals surface area (Å²) in [5, 5.41) is 11.4. The Morgan fingerprint density at radius 2 is 1.88 bits per heavy atom. The number of nitrogens with two attached hydrogens (primary N) is 2. The summed E-state index contributed by atoms with van der Waals surface area (Å²) in [5.74, 6) is 5.48. The Morgan fingerprint density at radius 1 is 1.38 bits per heavy atom. The molecular weight excluding hydrogens is 236 g/mol. The Labute approximate surface area is 97.5 Å². The summed E-state index contributed by atoms with van der Waals surface area (Å²) in [6.45, 7) is 0. The van der Waals surface area contributed by atoms with Crippen LogP contribution in [0.25, 0.3) is 0 Å². The molecule has 0 aromatic heterocycles. The molecule has 0 radical (unpaired) electrons. The molecule has 0 heterocycles. The molecule has 0 aliphatic carbocycles.